The predicted molar refractivity (Wildman–Crippen MR) is 70.2 cm³/mol. The van der Waals surface area contributed by atoms with Gasteiger partial charge in [0.2, 0.25) is 10.0 Å². The molecule has 0 radical (unpaired) electrons. The van der Waals surface area contributed by atoms with Gasteiger partial charge in [0.05, 0.1) is 4.90 Å². The molecule has 5 heteroatoms. The average Bonchev–Trinajstić information content (AvgIpc) is 2.16. The maximum Gasteiger partial charge on any atom is 0.243 e. The quantitative estimate of drug-likeness (QED) is 0.839. The maximum absolute atomic E-state index is 12.4. The Morgan fingerprint density at radius 2 is 1.41 bits per heavy atom. The summed E-state index contributed by atoms with van der Waals surface area (Å²) in [4.78, 5) is 0.286. The molecule has 17 heavy (non-hydrogen) atoms. The molecular formula is C12H20N2O2S. The molecule has 0 saturated carbocycles. The van der Waals surface area contributed by atoms with Crippen LogP contribution >= 0.6 is 0 Å². The fraction of sp³-hybridized carbons (Fsp3) is 0.500. The van der Waals surface area contributed by atoms with Crippen LogP contribution in [0.25, 0.3) is 0 Å². The second-order valence-electron chi connectivity index (χ2n) is 4.59. The standard InChI is InChI=1S/C12H20N2O2S/c1-9(2)14(10(3)4)17(15,16)12-7-5-11(13)6-8-12/h5-10H,13H2,1-4H3. The monoisotopic (exact) mass is 256 g/mol. The summed E-state index contributed by atoms with van der Waals surface area (Å²) >= 11 is 0. The summed E-state index contributed by atoms with van der Waals surface area (Å²) in [6.45, 7) is 7.48. The van der Waals surface area contributed by atoms with Crippen LogP contribution < -0.4 is 5.73 Å². The first kappa shape index (κ1) is 14.0. The van der Waals surface area contributed by atoms with E-state index in [9.17, 15) is 8.42 Å². The molecule has 1 aromatic carbocycles. The van der Waals surface area contributed by atoms with Crippen molar-refractivity contribution in [3.8, 4) is 0 Å². The first-order chi connectivity index (χ1) is 7.76. The Bertz CT molecular complexity index is 456. The van der Waals surface area contributed by atoms with Crippen molar-refractivity contribution in [1.82, 2.24) is 4.31 Å². The highest BCUT2D eigenvalue weighted by molar-refractivity contribution is 7.89. The lowest BCUT2D eigenvalue weighted by molar-refractivity contribution is 0.302. The second kappa shape index (κ2) is 5.06. The SMILES string of the molecule is CC(C)N(C(C)C)S(=O)(=O)c1ccc(N)cc1. The number of benzene rings is 1. The summed E-state index contributed by atoms with van der Waals surface area (Å²) in [5.74, 6) is 0. The molecule has 0 aliphatic carbocycles. The number of hydrogen-bond acceptors (Lipinski definition) is 3. The maximum atomic E-state index is 12.4. The Kier molecular flexibility index (Phi) is 4.16. The molecule has 2 N–H and O–H groups in total. The highest BCUT2D eigenvalue weighted by atomic mass is 32.2. The summed E-state index contributed by atoms with van der Waals surface area (Å²) in [6, 6.07) is 6.15. The predicted octanol–water partition coefficient (Wildman–Crippen LogP) is 2.08. The summed E-state index contributed by atoms with van der Waals surface area (Å²) in [5.41, 5.74) is 6.12. The van der Waals surface area contributed by atoms with Crippen LogP contribution in [0.5, 0.6) is 0 Å². The number of sulfonamides is 1. The zero-order chi connectivity index (χ0) is 13.2. The highest BCUT2D eigenvalue weighted by Crippen LogP contribution is 2.21. The number of rotatable bonds is 4. The first-order valence-corrected chi connectivity index (χ1v) is 7.10. The Balaban J connectivity index is 3.21. The topological polar surface area (TPSA) is 63.4 Å². The number of nitrogens with zero attached hydrogens (tertiary/aromatic N) is 1. The Labute approximate surface area is 103 Å². The minimum Gasteiger partial charge on any atom is -0.399 e. The van der Waals surface area contributed by atoms with E-state index >= 15 is 0 Å². The van der Waals surface area contributed by atoms with Gasteiger partial charge in [-0.2, -0.15) is 4.31 Å². The molecule has 0 spiro atoms. The van der Waals surface area contributed by atoms with Crippen molar-refractivity contribution < 1.29 is 8.42 Å². The molecule has 4 nitrogen and oxygen atoms in total. The van der Waals surface area contributed by atoms with Crippen LogP contribution in [0.2, 0.25) is 0 Å². The Hall–Kier alpha value is -1.07. The minimum absolute atomic E-state index is 0.0717. The van der Waals surface area contributed by atoms with Crippen molar-refractivity contribution in [3.63, 3.8) is 0 Å². The van der Waals surface area contributed by atoms with E-state index in [0.717, 1.165) is 0 Å². The van der Waals surface area contributed by atoms with Gasteiger partial charge in [-0.25, -0.2) is 8.42 Å². The van der Waals surface area contributed by atoms with Crippen LogP contribution in [0, 0.1) is 0 Å². The van der Waals surface area contributed by atoms with E-state index in [2.05, 4.69) is 0 Å². The van der Waals surface area contributed by atoms with Gasteiger partial charge >= 0.3 is 0 Å². The van der Waals surface area contributed by atoms with E-state index in [-0.39, 0.29) is 17.0 Å². The van der Waals surface area contributed by atoms with Crippen molar-refractivity contribution in [2.45, 2.75) is 44.7 Å². The van der Waals surface area contributed by atoms with E-state index in [0.29, 0.717) is 5.69 Å². The van der Waals surface area contributed by atoms with Crippen LogP contribution in [0.1, 0.15) is 27.7 Å². The van der Waals surface area contributed by atoms with E-state index in [1.807, 2.05) is 27.7 Å². The van der Waals surface area contributed by atoms with Gasteiger partial charge in [-0.05, 0) is 52.0 Å². The van der Waals surface area contributed by atoms with E-state index in [1.165, 1.54) is 4.31 Å². The van der Waals surface area contributed by atoms with Crippen LogP contribution in [-0.2, 0) is 10.0 Å². The molecule has 0 saturated heterocycles. The van der Waals surface area contributed by atoms with Crippen molar-refractivity contribution in [2.75, 3.05) is 5.73 Å². The lowest BCUT2D eigenvalue weighted by atomic mass is 10.3. The van der Waals surface area contributed by atoms with Gasteiger partial charge in [-0.15, -0.1) is 0 Å². The van der Waals surface area contributed by atoms with Crippen LogP contribution in [-0.4, -0.2) is 24.8 Å². The molecule has 0 fully saturated rings. The van der Waals surface area contributed by atoms with Crippen molar-refractivity contribution >= 4 is 15.7 Å². The normalized spacial score (nSPS) is 12.6. The summed E-state index contributed by atoms with van der Waals surface area (Å²) in [7, 11) is -3.44. The lowest BCUT2D eigenvalue weighted by Crippen LogP contribution is -2.41. The van der Waals surface area contributed by atoms with Crippen LogP contribution in [0.4, 0.5) is 5.69 Å². The van der Waals surface area contributed by atoms with Gasteiger partial charge in [-0.3, -0.25) is 0 Å². The zero-order valence-corrected chi connectivity index (χ0v) is 11.5. The van der Waals surface area contributed by atoms with Gasteiger partial charge in [0, 0.05) is 17.8 Å². The molecule has 1 aromatic rings. The number of nitrogens with two attached hydrogens (primary N) is 1. The summed E-state index contributed by atoms with van der Waals surface area (Å²) in [6.07, 6.45) is 0. The first-order valence-electron chi connectivity index (χ1n) is 5.66. The smallest absolute Gasteiger partial charge is 0.243 e. The molecule has 1 rings (SSSR count). The highest BCUT2D eigenvalue weighted by Gasteiger charge is 2.29. The third-order valence-electron chi connectivity index (χ3n) is 2.47. The lowest BCUT2D eigenvalue weighted by Gasteiger charge is -2.29. The van der Waals surface area contributed by atoms with Crippen LogP contribution in [0.15, 0.2) is 29.2 Å². The number of anilines is 1. The molecular weight excluding hydrogens is 236 g/mol. The van der Waals surface area contributed by atoms with Crippen molar-refractivity contribution in [1.29, 1.82) is 0 Å². The van der Waals surface area contributed by atoms with Crippen LogP contribution in [0.3, 0.4) is 0 Å². The molecule has 0 heterocycles. The third-order valence-corrected chi connectivity index (χ3v) is 4.74. The van der Waals surface area contributed by atoms with Crippen molar-refractivity contribution in [2.24, 2.45) is 0 Å². The van der Waals surface area contributed by atoms with E-state index in [1.54, 1.807) is 24.3 Å². The van der Waals surface area contributed by atoms with Gasteiger partial charge in [-0.1, -0.05) is 0 Å². The molecule has 0 unspecified atom stereocenters. The third kappa shape index (κ3) is 2.98. The van der Waals surface area contributed by atoms with E-state index in [4.69, 9.17) is 5.73 Å². The fourth-order valence-corrected chi connectivity index (χ4v) is 3.75. The second-order valence-corrected chi connectivity index (χ2v) is 6.43. The van der Waals surface area contributed by atoms with Gasteiger partial charge in [0.15, 0.2) is 0 Å². The van der Waals surface area contributed by atoms with Gasteiger partial charge < -0.3 is 5.73 Å². The van der Waals surface area contributed by atoms with Gasteiger partial charge in [0.1, 0.15) is 0 Å². The van der Waals surface area contributed by atoms with Crippen molar-refractivity contribution in [3.05, 3.63) is 24.3 Å². The molecule has 0 aliphatic rings. The molecule has 0 bridgehead atoms. The molecule has 0 amide bonds. The average molecular weight is 256 g/mol. The molecule has 0 aliphatic heterocycles. The number of hydrogen-bond donors (Lipinski definition) is 1. The fourth-order valence-electron chi connectivity index (χ4n) is 1.91. The molecule has 0 atom stereocenters. The van der Waals surface area contributed by atoms with Gasteiger partial charge in [0.25, 0.3) is 0 Å². The Morgan fingerprint density at radius 1 is 1.00 bits per heavy atom. The summed E-state index contributed by atoms with van der Waals surface area (Å²) in [5, 5.41) is 0. The number of nitrogen functional groups attached to an aromatic ring is 1. The molecule has 0 aromatic heterocycles. The minimum atomic E-state index is -3.44. The summed E-state index contributed by atoms with van der Waals surface area (Å²) < 4.78 is 26.3. The molecule has 96 valence electrons. The zero-order valence-electron chi connectivity index (χ0n) is 10.7. The largest absolute Gasteiger partial charge is 0.399 e. The van der Waals surface area contributed by atoms with E-state index < -0.39 is 10.0 Å². The Morgan fingerprint density at radius 3 is 1.76 bits per heavy atom.